The molecule has 0 aliphatic carbocycles. The average molecular weight is 384 g/mol. The van der Waals surface area contributed by atoms with E-state index in [1.165, 1.54) is 0 Å². The van der Waals surface area contributed by atoms with Crippen LogP contribution in [0.4, 0.5) is 0 Å². The van der Waals surface area contributed by atoms with Gasteiger partial charge in [0.25, 0.3) is 5.89 Å². The molecule has 4 rings (SSSR count). The van der Waals surface area contributed by atoms with Crippen LogP contribution in [0.15, 0.2) is 89.5 Å². The Kier molecular flexibility index (Phi) is 5.71. The summed E-state index contributed by atoms with van der Waals surface area (Å²) in [5.41, 5.74) is 2.80. The molecule has 0 radical (unpaired) electrons. The number of hydrogen-bond donors (Lipinski definition) is 1. The second-order valence-corrected chi connectivity index (χ2v) is 6.57. The second-order valence-electron chi connectivity index (χ2n) is 6.57. The molecule has 0 aliphatic heterocycles. The molecule has 0 bridgehead atoms. The first-order valence-corrected chi connectivity index (χ1v) is 9.40. The maximum Gasteiger partial charge on any atom is 0.266 e. The smallest absolute Gasteiger partial charge is 0.266 e. The highest BCUT2D eigenvalue weighted by molar-refractivity contribution is 5.77. The van der Waals surface area contributed by atoms with Crippen molar-refractivity contribution in [2.24, 2.45) is 0 Å². The fourth-order valence-electron chi connectivity index (χ4n) is 3.15. The van der Waals surface area contributed by atoms with Gasteiger partial charge in [0.15, 0.2) is 0 Å². The van der Waals surface area contributed by atoms with E-state index in [2.05, 4.69) is 20.5 Å². The Hall–Kier alpha value is -3.80. The highest BCUT2D eigenvalue weighted by atomic mass is 16.4. The number of nitrogens with zero attached hydrogens (tertiary/aromatic N) is 3. The molecule has 6 nitrogen and oxygen atoms in total. The summed E-state index contributed by atoms with van der Waals surface area (Å²) in [5, 5.41) is 10.9. The van der Waals surface area contributed by atoms with Gasteiger partial charge >= 0.3 is 0 Å². The molecule has 1 amide bonds. The molecular weight excluding hydrogens is 364 g/mol. The monoisotopic (exact) mass is 384 g/mol. The van der Waals surface area contributed by atoms with Crippen LogP contribution in [0.2, 0.25) is 0 Å². The molecule has 0 saturated heterocycles. The van der Waals surface area contributed by atoms with E-state index in [0.717, 1.165) is 11.1 Å². The largest absolute Gasteiger partial charge is 0.417 e. The van der Waals surface area contributed by atoms with Crippen LogP contribution in [0.25, 0.3) is 11.6 Å². The van der Waals surface area contributed by atoms with Crippen LogP contribution in [0.1, 0.15) is 29.4 Å². The summed E-state index contributed by atoms with van der Waals surface area (Å²) in [6.07, 6.45) is 1.99. The molecule has 0 atom stereocenters. The summed E-state index contributed by atoms with van der Waals surface area (Å²) in [6, 6.07) is 25.5. The minimum absolute atomic E-state index is 0.0239. The van der Waals surface area contributed by atoms with Gasteiger partial charge in [-0.2, -0.15) is 0 Å². The van der Waals surface area contributed by atoms with Crippen LogP contribution in [-0.2, 0) is 11.3 Å². The van der Waals surface area contributed by atoms with Crippen LogP contribution < -0.4 is 5.32 Å². The molecule has 0 aliphatic rings. The third-order valence-corrected chi connectivity index (χ3v) is 4.58. The molecular formula is C23H20N4O2. The third kappa shape index (κ3) is 4.73. The van der Waals surface area contributed by atoms with Gasteiger partial charge in [-0.25, -0.2) is 0 Å². The van der Waals surface area contributed by atoms with E-state index in [4.69, 9.17) is 4.42 Å². The van der Waals surface area contributed by atoms with Gasteiger partial charge in [-0.15, -0.1) is 10.2 Å². The van der Waals surface area contributed by atoms with E-state index in [-0.39, 0.29) is 18.4 Å². The second kappa shape index (κ2) is 8.93. The molecule has 0 unspecified atom stereocenters. The fraction of sp³-hybridized carbons (Fsp3) is 0.130. The van der Waals surface area contributed by atoms with E-state index >= 15 is 0 Å². The van der Waals surface area contributed by atoms with Gasteiger partial charge < -0.3 is 9.73 Å². The van der Waals surface area contributed by atoms with Crippen LogP contribution in [0.5, 0.6) is 0 Å². The number of amides is 1. The Morgan fingerprint density at radius 3 is 2.14 bits per heavy atom. The SMILES string of the molecule is O=C(CC(c1ccccc1)c1ccccc1)NCc1nnc(-c2ccccn2)o1. The Bertz CT molecular complexity index is 1010. The number of aromatic nitrogens is 3. The predicted molar refractivity (Wildman–Crippen MR) is 109 cm³/mol. The van der Waals surface area contributed by atoms with E-state index in [1.807, 2.05) is 72.8 Å². The Labute approximate surface area is 168 Å². The maximum absolute atomic E-state index is 12.6. The summed E-state index contributed by atoms with van der Waals surface area (Å²) < 4.78 is 5.59. The molecule has 6 heteroatoms. The minimum Gasteiger partial charge on any atom is -0.417 e. The fourth-order valence-corrected chi connectivity index (χ4v) is 3.15. The number of carbonyl (C=O) groups is 1. The van der Waals surface area contributed by atoms with Crippen molar-refractivity contribution in [1.82, 2.24) is 20.5 Å². The normalized spacial score (nSPS) is 10.8. The number of hydrogen-bond acceptors (Lipinski definition) is 5. The first kappa shape index (κ1) is 18.6. The zero-order chi connectivity index (χ0) is 19.9. The van der Waals surface area contributed by atoms with Gasteiger partial charge in [0.1, 0.15) is 5.69 Å². The Morgan fingerprint density at radius 2 is 1.52 bits per heavy atom. The number of carbonyl (C=O) groups excluding carboxylic acids is 1. The van der Waals surface area contributed by atoms with Crippen molar-refractivity contribution in [2.45, 2.75) is 18.9 Å². The highest BCUT2D eigenvalue weighted by Crippen LogP contribution is 2.27. The first-order chi connectivity index (χ1) is 14.3. The lowest BCUT2D eigenvalue weighted by Gasteiger charge is -2.17. The van der Waals surface area contributed by atoms with E-state index in [9.17, 15) is 4.79 Å². The van der Waals surface area contributed by atoms with Gasteiger partial charge in [0.2, 0.25) is 11.8 Å². The molecule has 0 fully saturated rings. The minimum atomic E-state index is -0.0831. The lowest BCUT2D eigenvalue weighted by molar-refractivity contribution is -0.121. The summed E-state index contributed by atoms with van der Waals surface area (Å²) in [7, 11) is 0. The van der Waals surface area contributed by atoms with Gasteiger partial charge in [0.05, 0.1) is 6.54 Å². The van der Waals surface area contributed by atoms with Gasteiger partial charge in [-0.1, -0.05) is 66.7 Å². The molecule has 29 heavy (non-hydrogen) atoms. The van der Waals surface area contributed by atoms with Crippen LogP contribution in [-0.4, -0.2) is 21.1 Å². The topological polar surface area (TPSA) is 80.9 Å². The van der Waals surface area contributed by atoms with Crippen molar-refractivity contribution < 1.29 is 9.21 Å². The molecule has 2 aromatic heterocycles. The van der Waals surface area contributed by atoms with Crippen molar-refractivity contribution in [3.8, 4) is 11.6 Å². The van der Waals surface area contributed by atoms with Crippen molar-refractivity contribution >= 4 is 5.91 Å². The molecule has 0 spiro atoms. The zero-order valence-electron chi connectivity index (χ0n) is 15.7. The Morgan fingerprint density at radius 1 is 0.862 bits per heavy atom. The molecule has 2 aromatic carbocycles. The van der Waals surface area contributed by atoms with Crippen molar-refractivity contribution in [3.63, 3.8) is 0 Å². The van der Waals surface area contributed by atoms with E-state index in [0.29, 0.717) is 23.9 Å². The summed E-state index contributed by atoms with van der Waals surface area (Å²) in [5.74, 6) is 0.570. The van der Waals surface area contributed by atoms with Crippen molar-refractivity contribution in [1.29, 1.82) is 0 Å². The van der Waals surface area contributed by atoms with Crippen LogP contribution in [0.3, 0.4) is 0 Å². The van der Waals surface area contributed by atoms with Crippen molar-refractivity contribution in [3.05, 3.63) is 102 Å². The molecule has 144 valence electrons. The molecule has 1 N–H and O–H groups in total. The van der Waals surface area contributed by atoms with E-state index < -0.39 is 0 Å². The first-order valence-electron chi connectivity index (χ1n) is 9.40. The maximum atomic E-state index is 12.6. The number of nitrogens with one attached hydrogen (secondary N) is 1. The summed E-state index contributed by atoms with van der Waals surface area (Å²) in [6.45, 7) is 0.176. The third-order valence-electron chi connectivity index (χ3n) is 4.58. The summed E-state index contributed by atoms with van der Waals surface area (Å²) >= 11 is 0. The quantitative estimate of drug-likeness (QED) is 0.521. The van der Waals surface area contributed by atoms with Gasteiger partial charge in [-0.3, -0.25) is 9.78 Å². The Balaban J connectivity index is 1.42. The average Bonchev–Trinajstić information content (AvgIpc) is 3.27. The van der Waals surface area contributed by atoms with Crippen LogP contribution >= 0.6 is 0 Å². The molecule has 2 heterocycles. The number of rotatable bonds is 7. The lowest BCUT2D eigenvalue weighted by Crippen LogP contribution is -2.25. The van der Waals surface area contributed by atoms with Gasteiger partial charge in [-0.05, 0) is 23.3 Å². The standard InChI is InChI=1S/C23H20N4O2/c28-21(25-16-22-26-27-23(29-22)20-13-7-8-14-24-20)15-19(17-9-3-1-4-10-17)18-11-5-2-6-12-18/h1-14,19H,15-16H2,(H,25,28). The van der Waals surface area contributed by atoms with Crippen molar-refractivity contribution in [2.75, 3.05) is 0 Å². The number of benzene rings is 2. The predicted octanol–water partition coefficient (Wildman–Crippen LogP) is 3.97. The highest BCUT2D eigenvalue weighted by Gasteiger charge is 2.18. The van der Waals surface area contributed by atoms with Crippen LogP contribution in [0, 0.1) is 0 Å². The summed E-state index contributed by atoms with van der Waals surface area (Å²) in [4.78, 5) is 16.8. The number of pyridine rings is 1. The van der Waals surface area contributed by atoms with E-state index in [1.54, 1.807) is 12.3 Å². The lowest BCUT2D eigenvalue weighted by atomic mass is 9.88. The zero-order valence-corrected chi connectivity index (χ0v) is 15.7. The molecule has 4 aromatic rings. The van der Waals surface area contributed by atoms with Gasteiger partial charge in [0, 0.05) is 18.5 Å². The molecule has 0 saturated carbocycles.